The van der Waals surface area contributed by atoms with E-state index in [2.05, 4.69) is 45.1 Å². The monoisotopic (exact) mass is 484 g/mol. The van der Waals surface area contributed by atoms with Gasteiger partial charge in [-0.25, -0.2) is 9.97 Å². The Hall–Kier alpha value is -2.65. The first-order valence-corrected chi connectivity index (χ1v) is 13.0. The van der Waals surface area contributed by atoms with Crippen molar-refractivity contribution in [1.82, 2.24) is 25.5 Å². The number of ether oxygens (including phenoxy) is 1. The SMILES string of the molecule is C=C(NCCCc1sc(C(C)N(C(=O)C2CCCNC2)C2CC2)cc1-c1cnc(N)nc1)OC. The number of carbonyl (C=O) groups excluding carboxylic acids is 1. The van der Waals surface area contributed by atoms with Crippen LogP contribution in [0.25, 0.3) is 11.1 Å². The fourth-order valence-electron chi connectivity index (χ4n) is 4.56. The highest BCUT2D eigenvalue weighted by atomic mass is 32.1. The summed E-state index contributed by atoms with van der Waals surface area (Å²) in [6.45, 7) is 8.56. The van der Waals surface area contributed by atoms with Crippen LogP contribution in [0.5, 0.6) is 0 Å². The summed E-state index contributed by atoms with van der Waals surface area (Å²) in [5.74, 6) is 1.23. The molecule has 0 spiro atoms. The molecule has 1 aliphatic carbocycles. The van der Waals surface area contributed by atoms with Gasteiger partial charge in [0, 0.05) is 46.8 Å². The van der Waals surface area contributed by atoms with Crippen LogP contribution in [0.4, 0.5) is 5.95 Å². The number of nitrogens with two attached hydrogens (primary N) is 1. The van der Waals surface area contributed by atoms with Crippen molar-refractivity contribution in [1.29, 1.82) is 0 Å². The highest BCUT2D eigenvalue weighted by Crippen LogP contribution is 2.41. The molecule has 34 heavy (non-hydrogen) atoms. The first-order valence-electron chi connectivity index (χ1n) is 12.2. The van der Waals surface area contributed by atoms with Gasteiger partial charge < -0.3 is 26.0 Å². The van der Waals surface area contributed by atoms with E-state index in [0.29, 0.717) is 17.8 Å². The Kier molecular flexibility index (Phi) is 8.05. The molecular formula is C25H36N6O2S. The molecule has 0 aromatic carbocycles. The molecule has 1 amide bonds. The predicted octanol–water partition coefficient (Wildman–Crippen LogP) is 3.48. The fraction of sp³-hybridized carbons (Fsp3) is 0.560. The van der Waals surface area contributed by atoms with Gasteiger partial charge in [0.15, 0.2) is 5.88 Å². The molecule has 1 saturated carbocycles. The number of hydrogen-bond donors (Lipinski definition) is 3. The summed E-state index contributed by atoms with van der Waals surface area (Å²) in [6, 6.07) is 2.63. The number of methoxy groups -OCH3 is 1. The van der Waals surface area contributed by atoms with E-state index in [1.165, 1.54) is 9.75 Å². The summed E-state index contributed by atoms with van der Waals surface area (Å²) in [6.07, 6.45) is 9.63. The third kappa shape index (κ3) is 5.88. The lowest BCUT2D eigenvalue weighted by molar-refractivity contribution is -0.139. The molecule has 2 aliphatic rings. The number of aromatic nitrogens is 2. The number of nitrogen functional groups attached to an aromatic ring is 1. The highest BCUT2D eigenvalue weighted by molar-refractivity contribution is 7.12. The van der Waals surface area contributed by atoms with E-state index in [9.17, 15) is 4.79 Å². The highest BCUT2D eigenvalue weighted by Gasteiger charge is 2.39. The summed E-state index contributed by atoms with van der Waals surface area (Å²) in [7, 11) is 1.61. The van der Waals surface area contributed by atoms with Crippen molar-refractivity contribution in [2.75, 3.05) is 32.5 Å². The first kappa shape index (κ1) is 24.5. The van der Waals surface area contributed by atoms with Crippen molar-refractivity contribution >= 4 is 23.2 Å². The molecule has 9 heteroatoms. The van der Waals surface area contributed by atoms with Crippen molar-refractivity contribution < 1.29 is 9.53 Å². The number of thiophene rings is 1. The lowest BCUT2D eigenvalue weighted by atomic mass is 9.97. The Bertz CT molecular complexity index is 982. The van der Waals surface area contributed by atoms with E-state index in [0.717, 1.165) is 69.3 Å². The summed E-state index contributed by atoms with van der Waals surface area (Å²) in [5, 5.41) is 6.58. The summed E-state index contributed by atoms with van der Waals surface area (Å²) < 4.78 is 5.10. The molecule has 2 unspecified atom stereocenters. The Morgan fingerprint density at radius 2 is 2.15 bits per heavy atom. The summed E-state index contributed by atoms with van der Waals surface area (Å²) in [4.78, 5) is 26.6. The Morgan fingerprint density at radius 1 is 1.38 bits per heavy atom. The number of hydrogen-bond acceptors (Lipinski definition) is 8. The average Bonchev–Trinajstić information content (AvgIpc) is 3.60. The number of nitrogens with one attached hydrogen (secondary N) is 2. The maximum Gasteiger partial charge on any atom is 0.227 e. The largest absolute Gasteiger partial charge is 0.483 e. The molecule has 2 fully saturated rings. The molecule has 4 N–H and O–H groups in total. The van der Waals surface area contributed by atoms with Crippen molar-refractivity contribution in [3.8, 4) is 11.1 Å². The number of amides is 1. The second kappa shape index (κ2) is 11.2. The Balaban J connectivity index is 1.56. The van der Waals surface area contributed by atoms with Gasteiger partial charge in [-0.05, 0) is 70.2 Å². The Labute approximate surface area is 206 Å². The van der Waals surface area contributed by atoms with Crippen LogP contribution < -0.4 is 16.4 Å². The van der Waals surface area contributed by atoms with Crippen LogP contribution in [0.2, 0.25) is 0 Å². The number of nitrogens with zero attached hydrogens (tertiary/aromatic N) is 3. The molecular weight excluding hydrogens is 448 g/mol. The second-order valence-corrected chi connectivity index (χ2v) is 10.3. The minimum Gasteiger partial charge on any atom is -0.483 e. The van der Waals surface area contributed by atoms with Crippen LogP contribution in [0.3, 0.4) is 0 Å². The minimum absolute atomic E-state index is 0.0421. The number of rotatable bonds is 11. The third-order valence-electron chi connectivity index (χ3n) is 6.63. The third-order valence-corrected chi connectivity index (χ3v) is 8.00. The topological polar surface area (TPSA) is 105 Å². The van der Waals surface area contributed by atoms with Crippen LogP contribution in [0.1, 0.15) is 54.8 Å². The molecule has 184 valence electrons. The van der Waals surface area contributed by atoms with E-state index < -0.39 is 0 Å². The molecule has 2 aromatic heterocycles. The molecule has 8 nitrogen and oxygen atoms in total. The van der Waals surface area contributed by atoms with E-state index in [1.807, 2.05) is 0 Å². The van der Waals surface area contributed by atoms with E-state index in [1.54, 1.807) is 30.8 Å². The van der Waals surface area contributed by atoms with Crippen LogP contribution in [-0.4, -0.2) is 53.6 Å². The predicted molar refractivity (Wildman–Crippen MR) is 136 cm³/mol. The molecule has 4 rings (SSSR count). The summed E-state index contributed by atoms with van der Waals surface area (Å²) >= 11 is 1.79. The van der Waals surface area contributed by atoms with Crippen LogP contribution >= 0.6 is 11.3 Å². The zero-order valence-electron chi connectivity index (χ0n) is 20.2. The van der Waals surface area contributed by atoms with Gasteiger partial charge in [-0.2, -0.15) is 0 Å². The maximum atomic E-state index is 13.5. The molecule has 0 bridgehead atoms. The van der Waals surface area contributed by atoms with Gasteiger partial charge in [-0.3, -0.25) is 4.79 Å². The van der Waals surface area contributed by atoms with Crippen molar-refractivity contribution in [3.63, 3.8) is 0 Å². The standard InChI is InChI=1S/C25H36N6O2S/c1-16(31(20-8-9-20)24(32)18-6-4-10-27-13-18)23-12-21(19-14-29-25(26)30-15-19)22(34-23)7-5-11-28-17(2)33-3/h12,14-16,18,20,27-28H,2,4-11,13H2,1,3H3,(H2,26,29,30). The minimum atomic E-state index is 0.0421. The van der Waals surface area contributed by atoms with Gasteiger partial charge in [0.05, 0.1) is 19.1 Å². The second-order valence-electron chi connectivity index (χ2n) is 9.17. The maximum absolute atomic E-state index is 13.5. The van der Waals surface area contributed by atoms with Gasteiger partial charge in [-0.15, -0.1) is 11.3 Å². The normalized spacial score (nSPS) is 18.8. The molecule has 2 aromatic rings. The van der Waals surface area contributed by atoms with Gasteiger partial charge in [0.1, 0.15) is 0 Å². The van der Waals surface area contributed by atoms with Crippen molar-refractivity contribution in [3.05, 3.63) is 40.7 Å². The van der Waals surface area contributed by atoms with Crippen molar-refractivity contribution in [2.24, 2.45) is 5.92 Å². The molecule has 1 saturated heterocycles. The van der Waals surface area contributed by atoms with E-state index in [-0.39, 0.29) is 17.9 Å². The van der Waals surface area contributed by atoms with Gasteiger partial charge >= 0.3 is 0 Å². The van der Waals surface area contributed by atoms with E-state index in [4.69, 9.17) is 10.5 Å². The van der Waals surface area contributed by atoms with Gasteiger partial charge in [0.25, 0.3) is 0 Å². The first-order chi connectivity index (χ1) is 16.5. The van der Waals surface area contributed by atoms with Crippen LogP contribution in [0.15, 0.2) is 30.9 Å². The lowest BCUT2D eigenvalue weighted by Gasteiger charge is -2.34. The number of carbonyl (C=O) groups is 1. The van der Waals surface area contributed by atoms with Crippen molar-refractivity contribution in [2.45, 2.75) is 57.5 Å². The fourth-order valence-corrected chi connectivity index (χ4v) is 5.84. The lowest BCUT2D eigenvalue weighted by Crippen LogP contribution is -2.44. The van der Waals surface area contributed by atoms with Crippen LogP contribution in [-0.2, 0) is 16.0 Å². The zero-order valence-corrected chi connectivity index (χ0v) is 21.0. The molecule has 0 radical (unpaired) electrons. The molecule has 2 atom stereocenters. The van der Waals surface area contributed by atoms with E-state index >= 15 is 0 Å². The summed E-state index contributed by atoms with van der Waals surface area (Å²) in [5.41, 5.74) is 7.80. The zero-order chi connectivity index (χ0) is 24.1. The number of aryl methyl sites for hydroxylation is 1. The average molecular weight is 485 g/mol. The van der Waals surface area contributed by atoms with Gasteiger partial charge in [-0.1, -0.05) is 0 Å². The quantitative estimate of drug-likeness (QED) is 0.331. The van der Waals surface area contributed by atoms with Crippen LogP contribution in [0, 0.1) is 5.92 Å². The number of anilines is 1. The molecule has 1 aliphatic heterocycles. The molecule has 3 heterocycles. The Morgan fingerprint density at radius 3 is 2.79 bits per heavy atom. The smallest absolute Gasteiger partial charge is 0.227 e. The van der Waals surface area contributed by atoms with Gasteiger partial charge in [0.2, 0.25) is 11.9 Å². The number of piperidine rings is 1.